The Morgan fingerprint density at radius 3 is 2.74 bits per heavy atom. The molecule has 0 saturated heterocycles. The molecular weight excluding hydrogens is 358 g/mol. The minimum atomic E-state index is -0.199. The van der Waals surface area contributed by atoms with Gasteiger partial charge in [0.2, 0.25) is 0 Å². The molecule has 1 unspecified atom stereocenters. The van der Waals surface area contributed by atoms with Gasteiger partial charge in [-0.15, -0.1) is 0 Å². The number of nitrogens with one attached hydrogen (secondary N) is 1. The average molecular weight is 384 g/mol. The topological polar surface area (TPSA) is 46.9 Å². The van der Waals surface area contributed by atoms with E-state index in [9.17, 15) is 4.79 Å². The minimum Gasteiger partial charge on any atom is -0.342 e. The fourth-order valence-electron chi connectivity index (χ4n) is 3.33. The molecule has 27 heavy (non-hydrogen) atoms. The van der Waals surface area contributed by atoms with E-state index in [0.717, 1.165) is 29.8 Å². The van der Waals surface area contributed by atoms with Crippen molar-refractivity contribution in [1.29, 1.82) is 0 Å². The summed E-state index contributed by atoms with van der Waals surface area (Å²) >= 11 is 6.01. The van der Waals surface area contributed by atoms with Crippen molar-refractivity contribution in [3.05, 3.63) is 64.9 Å². The van der Waals surface area contributed by atoms with Crippen molar-refractivity contribution in [3.8, 4) is 0 Å². The summed E-state index contributed by atoms with van der Waals surface area (Å²) in [4.78, 5) is 17.4. The van der Waals surface area contributed by atoms with Crippen LogP contribution in [-0.2, 0) is 6.54 Å². The normalized spacial score (nSPS) is 12.3. The molecule has 1 N–H and O–H groups in total. The molecule has 0 aliphatic carbocycles. The summed E-state index contributed by atoms with van der Waals surface area (Å²) in [6, 6.07) is 14.9. The second-order valence-corrected chi connectivity index (χ2v) is 7.31. The number of unbranched alkanes of at least 4 members (excludes halogenated alkanes) is 3. The number of para-hydroxylation sites is 2. The number of fused-ring (bicyclic) bond motifs is 1. The number of hydrogen-bond acceptors (Lipinski definition) is 2. The molecule has 1 aromatic heterocycles. The molecule has 1 amide bonds. The fourth-order valence-corrected chi connectivity index (χ4v) is 3.52. The molecule has 1 atom stereocenters. The number of carbonyl (C=O) groups excluding carboxylic acids is 1. The second-order valence-electron chi connectivity index (χ2n) is 6.88. The van der Waals surface area contributed by atoms with Crippen molar-refractivity contribution >= 4 is 28.5 Å². The number of rotatable bonds is 8. The Morgan fingerprint density at radius 2 is 1.96 bits per heavy atom. The predicted octanol–water partition coefficient (Wildman–Crippen LogP) is 5.76. The van der Waals surface area contributed by atoms with Gasteiger partial charge in [-0.1, -0.05) is 56.0 Å². The molecule has 3 rings (SSSR count). The summed E-state index contributed by atoms with van der Waals surface area (Å²) in [6.07, 6.45) is 4.76. The largest absolute Gasteiger partial charge is 0.342 e. The van der Waals surface area contributed by atoms with E-state index in [2.05, 4.69) is 22.9 Å². The molecule has 0 fully saturated rings. The number of aryl methyl sites for hydroxylation is 1. The highest BCUT2D eigenvalue weighted by Gasteiger charge is 2.19. The van der Waals surface area contributed by atoms with Crippen LogP contribution in [0.15, 0.2) is 48.5 Å². The average Bonchev–Trinajstić information content (AvgIpc) is 3.04. The number of aromatic nitrogens is 2. The van der Waals surface area contributed by atoms with Crippen LogP contribution in [0, 0.1) is 0 Å². The lowest BCUT2D eigenvalue weighted by molar-refractivity contribution is 0.0937. The third-order valence-corrected chi connectivity index (χ3v) is 4.98. The first-order valence-electron chi connectivity index (χ1n) is 9.61. The molecule has 142 valence electrons. The highest BCUT2D eigenvalue weighted by molar-refractivity contribution is 6.30. The molecule has 0 saturated carbocycles. The van der Waals surface area contributed by atoms with E-state index in [1.54, 1.807) is 24.3 Å². The van der Waals surface area contributed by atoms with Crippen molar-refractivity contribution < 1.29 is 4.79 Å². The van der Waals surface area contributed by atoms with Gasteiger partial charge < -0.3 is 9.88 Å². The van der Waals surface area contributed by atoms with Crippen LogP contribution >= 0.6 is 11.6 Å². The van der Waals surface area contributed by atoms with Crippen LogP contribution in [0.2, 0.25) is 5.02 Å². The van der Waals surface area contributed by atoms with Crippen LogP contribution < -0.4 is 5.32 Å². The number of benzene rings is 2. The van der Waals surface area contributed by atoms with Gasteiger partial charge in [-0.2, -0.15) is 0 Å². The third kappa shape index (κ3) is 4.69. The van der Waals surface area contributed by atoms with E-state index < -0.39 is 0 Å². The predicted molar refractivity (Wildman–Crippen MR) is 111 cm³/mol. The first-order valence-corrected chi connectivity index (χ1v) is 9.99. The number of carbonyl (C=O) groups is 1. The Hall–Kier alpha value is -2.33. The molecular formula is C22H26ClN3O. The van der Waals surface area contributed by atoms with E-state index in [1.165, 1.54) is 19.3 Å². The van der Waals surface area contributed by atoms with Gasteiger partial charge in [-0.3, -0.25) is 4.79 Å². The minimum absolute atomic E-state index is 0.144. The maximum atomic E-state index is 12.6. The van der Waals surface area contributed by atoms with E-state index >= 15 is 0 Å². The van der Waals surface area contributed by atoms with Crippen LogP contribution in [0.25, 0.3) is 11.0 Å². The molecule has 2 aromatic carbocycles. The van der Waals surface area contributed by atoms with Crippen LogP contribution in [0.1, 0.15) is 61.8 Å². The van der Waals surface area contributed by atoms with E-state index in [1.807, 2.05) is 25.1 Å². The number of imidazole rings is 1. The Labute approximate surface area is 165 Å². The Balaban J connectivity index is 1.82. The molecule has 5 heteroatoms. The molecule has 0 aliphatic heterocycles. The van der Waals surface area contributed by atoms with Gasteiger partial charge in [-0.25, -0.2) is 4.98 Å². The van der Waals surface area contributed by atoms with Crippen LogP contribution in [0.4, 0.5) is 0 Å². The standard InChI is InChI=1S/C22H26ClN3O/c1-3-4-5-8-14-26-20-13-7-6-12-19(20)25-21(26)16(2)24-22(27)17-10-9-11-18(23)15-17/h6-7,9-13,15-16H,3-5,8,14H2,1-2H3,(H,24,27). The third-order valence-electron chi connectivity index (χ3n) is 4.74. The summed E-state index contributed by atoms with van der Waals surface area (Å²) in [6.45, 7) is 5.10. The number of hydrogen-bond donors (Lipinski definition) is 1. The summed E-state index contributed by atoms with van der Waals surface area (Å²) < 4.78 is 2.24. The summed E-state index contributed by atoms with van der Waals surface area (Å²) in [7, 11) is 0. The Bertz CT molecular complexity index is 919. The fraction of sp³-hybridized carbons (Fsp3) is 0.364. The van der Waals surface area contributed by atoms with Crippen LogP contribution in [0.5, 0.6) is 0 Å². The zero-order valence-corrected chi connectivity index (χ0v) is 16.7. The molecule has 4 nitrogen and oxygen atoms in total. The van der Waals surface area contributed by atoms with E-state index in [-0.39, 0.29) is 11.9 Å². The van der Waals surface area contributed by atoms with Crippen molar-refractivity contribution in [3.63, 3.8) is 0 Å². The maximum Gasteiger partial charge on any atom is 0.251 e. The van der Waals surface area contributed by atoms with Gasteiger partial charge in [0.15, 0.2) is 0 Å². The highest BCUT2D eigenvalue weighted by Crippen LogP contribution is 2.22. The SMILES string of the molecule is CCCCCCn1c(C(C)NC(=O)c2cccc(Cl)c2)nc2ccccc21. The van der Waals surface area contributed by atoms with Crippen molar-refractivity contribution in [2.45, 2.75) is 52.1 Å². The van der Waals surface area contributed by atoms with Crippen LogP contribution in [-0.4, -0.2) is 15.5 Å². The van der Waals surface area contributed by atoms with Crippen molar-refractivity contribution in [2.75, 3.05) is 0 Å². The Morgan fingerprint density at radius 1 is 1.15 bits per heavy atom. The summed E-state index contributed by atoms with van der Waals surface area (Å²) in [5.74, 6) is 0.748. The number of halogens is 1. The number of nitrogens with zero attached hydrogens (tertiary/aromatic N) is 2. The maximum absolute atomic E-state index is 12.6. The lowest BCUT2D eigenvalue weighted by Gasteiger charge is -2.16. The summed E-state index contributed by atoms with van der Waals surface area (Å²) in [5.41, 5.74) is 2.64. The molecule has 3 aromatic rings. The lowest BCUT2D eigenvalue weighted by atomic mass is 10.2. The Kier molecular flexibility index (Phi) is 6.51. The molecule has 0 bridgehead atoms. The quantitative estimate of drug-likeness (QED) is 0.502. The summed E-state index contributed by atoms with van der Waals surface area (Å²) in [5, 5.41) is 3.62. The van der Waals surface area contributed by atoms with Crippen molar-refractivity contribution in [1.82, 2.24) is 14.9 Å². The molecule has 0 aliphatic rings. The molecule has 0 spiro atoms. The molecule has 1 heterocycles. The van der Waals surface area contributed by atoms with Gasteiger partial charge in [0.25, 0.3) is 5.91 Å². The smallest absolute Gasteiger partial charge is 0.251 e. The molecule has 0 radical (unpaired) electrons. The van der Waals surface area contributed by atoms with E-state index in [4.69, 9.17) is 16.6 Å². The van der Waals surface area contributed by atoms with Gasteiger partial charge in [0.05, 0.1) is 17.1 Å². The first-order chi connectivity index (χ1) is 13.1. The second kappa shape index (κ2) is 9.05. The van der Waals surface area contributed by atoms with Gasteiger partial charge >= 0.3 is 0 Å². The first kappa shape index (κ1) is 19.4. The zero-order chi connectivity index (χ0) is 19.2. The zero-order valence-electron chi connectivity index (χ0n) is 15.9. The van der Waals surface area contributed by atoms with E-state index in [0.29, 0.717) is 10.6 Å². The monoisotopic (exact) mass is 383 g/mol. The number of amides is 1. The lowest BCUT2D eigenvalue weighted by Crippen LogP contribution is -2.28. The van der Waals surface area contributed by atoms with Crippen molar-refractivity contribution in [2.24, 2.45) is 0 Å². The van der Waals surface area contributed by atoms with Gasteiger partial charge in [-0.05, 0) is 43.7 Å². The highest BCUT2D eigenvalue weighted by atomic mass is 35.5. The van der Waals surface area contributed by atoms with Gasteiger partial charge in [0.1, 0.15) is 5.82 Å². The van der Waals surface area contributed by atoms with Crippen LogP contribution in [0.3, 0.4) is 0 Å². The van der Waals surface area contributed by atoms with Gasteiger partial charge in [0, 0.05) is 17.1 Å².